The Kier molecular flexibility index (Phi) is 7.07. The average molecular weight is 494 g/mol. The van der Waals surface area contributed by atoms with E-state index in [2.05, 4.69) is 10.6 Å². The van der Waals surface area contributed by atoms with Gasteiger partial charge in [0.25, 0.3) is 15.9 Å². The molecular weight excluding hydrogens is 466 g/mol. The van der Waals surface area contributed by atoms with E-state index >= 15 is 0 Å². The van der Waals surface area contributed by atoms with Crippen molar-refractivity contribution in [3.8, 4) is 0 Å². The molecular formula is C26H27N3O5S. The first-order valence-corrected chi connectivity index (χ1v) is 12.7. The van der Waals surface area contributed by atoms with Crippen molar-refractivity contribution in [2.75, 3.05) is 28.1 Å². The fourth-order valence-electron chi connectivity index (χ4n) is 3.76. The molecule has 0 aliphatic carbocycles. The van der Waals surface area contributed by atoms with Gasteiger partial charge in [-0.2, -0.15) is 0 Å². The van der Waals surface area contributed by atoms with Crippen molar-refractivity contribution >= 4 is 39.1 Å². The van der Waals surface area contributed by atoms with Gasteiger partial charge in [-0.1, -0.05) is 44.2 Å². The van der Waals surface area contributed by atoms with E-state index in [1.54, 1.807) is 42.5 Å². The minimum atomic E-state index is -3.82. The summed E-state index contributed by atoms with van der Waals surface area (Å²) < 4.78 is 33.1. The van der Waals surface area contributed by atoms with Crippen LogP contribution in [0.4, 0.5) is 21.9 Å². The molecule has 0 atom stereocenters. The quantitative estimate of drug-likeness (QED) is 0.487. The summed E-state index contributed by atoms with van der Waals surface area (Å²) in [5.41, 5.74) is 2.75. The van der Waals surface area contributed by atoms with Gasteiger partial charge in [-0.15, -0.1) is 0 Å². The zero-order chi connectivity index (χ0) is 25.0. The standard InChI is InChI=1S/C26H27N3O5S/c1-18(2)17-34-26(31)28-22-10-6-9-21(16-22)27-25(30)20-8-5-11-23(15-20)35(32,33)29-14-13-19-7-3-4-12-24(19)29/h3-12,15-16,18H,13-14,17H2,1-2H3,(H,27,30)(H,28,31). The molecule has 2 N–H and O–H groups in total. The third-order valence-electron chi connectivity index (χ3n) is 5.44. The van der Waals surface area contributed by atoms with E-state index in [4.69, 9.17) is 4.74 Å². The monoisotopic (exact) mass is 493 g/mol. The lowest BCUT2D eigenvalue weighted by molar-refractivity contribution is 0.102. The lowest BCUT2D eigenvalue weighted by Gasteiger charge is -2.20. The van der Waals surface area contributed by atoms with Crippen molar-refractivity contribution in [1.82, 2.24) is 0 Å². The Morgan fingerprint density at radius 3 is 2.43 bits per heavy atom. The lowest BCUT2D eigenvalue weighted by Crippen LogP contribution is -2.29. The number of amides is 2. The van der Waals surface area contributed by atoms with Gasteiger partial charge in [-0.3, -0.25) is 14.4 Å². The summed E-state index contributed by atoms with van der Waals surface area (Å²) in [6.45, 7) is 4.53. The third kappa shape index (κ3) is 5.63. The number of hydrogen-bond donors (Lipinski definition) is 2. The fraction of sp³-hybridized carbons (Fsp3) is 0.231. The predicted molar refractivity (Wildman–Crippen MR) is 135 cm³/mol. The van der Waals surface area contributed by atoms with Crippen molar-refractivity contribution in [2.24, 2.45) is 5.92 Å². The minimum absolute atomic E-state index is 0.0465. The molecule has 0 saturated heterocycles. The van der Waals surface area contributed by atoms with E-state index in [0.717, 1.165) is 5.56 Å². The Balaban J connectivity index is 1.48. The molecule has 182 valence electrons. The van der Waals surface area contributed by atoms with Crippen LogP contribution in [0.1, 0.15) is 29.8 Å². The Labute approximate surface area is 205 Å². The molecule has 8 nitrogen and oxygen atoms in total. The first-order valence-electron chi connectivity index (χ1n) is 11.3. The number of hydrogen-bond acceptors (Lipinski definition) is 5. The van der Waals surface area contributed by atoms with Gasteiger partial charge in [-0.05, 0) is 60.4 Å². The zero-order valence-electron chi connectivity index (χ0n) is 19.5. The van der Waals surface area contributed by atoms with Gasteiger partial charge < -0.3 is 10.1 Å². The van der Waals surface area contributed by atoms with Gasteiger partial charge in [0.1, 0.15) is 0 Å². The van der Waals surface area contributed by atoms with Gasteiger partial charge in [0, 0.05) is 23.5 Å². The number of sulfonamides is 1. The molecule has 1 aliphatic rings. The maximum Gasteiger partial charge on any atom is 0.411 e. The van der Waals surface area contributed by atoms with Crippen LogP contribution >= 0.6 is 0 Å². The number of benzene rings is 3. The van der Waals surface area contributed by atoms with Crippen LogP contribution in [0.3, 0.4) is 0 Å². The molecule has 3 aromatic carbocycles. The van der Waals surface area contributed by atoms with Crippen molar-refractivity contribution in [3.63, 3.8) is 0 Å². The number of rotatable bonds is 7. The summed E-state index contributed by atoms with van der Waals surface area (Å²) in [5.74, 6) is -0.255. The SMILES string of the molecule is CC(C)COC(=O)Nc1cccc(NC(=O)c2cccc(S(=O)(=O)N3CCc4ccccc43)c2)c1. The van der Waals surface area contributed by atoms with Crippen molar-refractivity contribution in [3.05, 3.63) is 83.9 Å². The van der Waals surface area contributed by atoms with Crippen LogP contribution in [0.15, 0.2) is 77.7 Å². The van der Waals surface area contributed by atoms with Crippen LogP contribution < -0.4 is 14.9 Å². The zero-order valence-corrected chi connectivity index (χ0v) is 20.3. The highest BCUT2D eigenvalue weighted by molar-refractivity contribution is 7.92. The van der Waals surface area contributed by atoms with E-state index in [-0.39, 0.29) is 16.4 Å². The second-order valence-electron chi connectivity index (χ2n) is 8.64. The maximum absolute atomic E-state index is 13.3. The number of para-hydroxylation sites is 1. The molecule has 4 rings (SSSR count). The van der Waals surface area contributed by atoms with Gasteiger partial charge in [0.15, 0.2) is 0 Å². The molecule has 0 aromatic heterocycles. The van der Waals surface area contributed by atoms with E-state index in [0.29, 0.717) is 36.6 Å². The van der Waals surface area contributed by atoms with Crippen molar-refractivity contribution in [1.29, 1.82) is 0 Å². The summed E-state index contributed by atoms with van der Waals surface area (Å²) in [7, 11) is -3.82. The third-order valence-corrected chi connectivity index (χ3v) is 7.25. The van der Waals surface area contributed by atoms with Crippen LogP contribution in [0.2, 0.25) is 0 Å². The van der Waals surface area contributed by atoms with E-state index in [1.165, 1.54) is 16.4 Å². The molecule has 0 unspecified atom stereocenters. The fourth-order valence-corrected chi connectivity index (χ4v) is 5.31. The Morgan fingerprint density at radius 1 is 0.943 bits per heavy atom. The molecule has 1 aliphatic heterocycles. The summed E-state index contributed by atoms with van der Waals surface area (Å²) in [6, 6.07) is 20.0. The Hall–Kier alpha value is -3.85. The molecule has 0 fully saturated rings. The van der Waals surface area contributed by atoms with E-state index < -0.39 is 22.0 Å². The highest BCUT2D eigenvalue weighted by Crippen LogP contribution is 2.32. The second kappa shape index (κ2) is 10.2. The summed E-state index contributed by atoms with van der Waals surface area (Å²) >= 11 is 0. The summed E-state index contributed by atoms with van der Waals surface area (Å²) in [5, 5.41) is 5.37. The lowest BCUT2D eigenvalue weighted by atomic mass is 10.2. The second-order valence-corrected chi connectivity index (χ2v) is 10.5. The number of nitrogens with zero attached hydrogens (tertiary/aromatic N) is 1. The number of ether oxygens (including phenoxy) is 1. The molecule has 0 radical (unpaired) electrons. The summed E-state index contributed by atoms with van der Waals surface area (Å²) in [4.78, 5) is 24.8. The largest absolute Gasteiger partial charge is 0.449 e. The maximum atomic E-state index is 13.3. The average Bonchev–Trinajstić information content (AvgIpc) is 3.28. The number of fused-ring (bicyclic) bond motifs is 1. The first kappa shape index (κ1) is 24.3. The van der Waals surface area contributed by atoms with Crippen molar-refractivity contribution < 1.29 is 22.7 Å². The number of carbonyl (C=O) groups is 2. The van der Waals surface area contributed by atoms with Crippen LogP contribution in [0, 0.1) is 5.92 Å². The van der Waals surface area contributed by atoms with Crippen LogP contribution in [-0.4, -0.2) is 33.6 Å². The normalized spacial score (nSPS) is 12.8. The Bertz CT molecular complexity index is 1350. The van der Waals surface area contributed by atoms with E-state index in [9.17, 15) is 18.0 Å². The highest BCUT2D eigenvalue weighted by atomic mass is 32.2. The molecule has 0 spiro atoms. The Morgan fingerprint density at radius 2 is 1.66 bits per heavy atom. The van der Waals surface area contributed by atoms with Gasteiger partial charge in [-0.25, -0.2) is 13.2 Å². The van der Waals surface area contributed by atoms with Crippen LogP contribution in [0.5, 0.6) is 0 Å². The highest BCUT2D eigenvalue weighted by Gasteiger charge is 2.31. The molecule has 0 bridgehead atoms. The first-order chi connectivity index (χ1) is 16.7. The number of anilines is 3. The molecule has 2 amide bonds. The molecule has 0 saturated carbocycles. The van der Waals surface area contributed by atoms with Gasteiger partial charge >= 0.3 is 6.09 Å². The van der Waals surface area contributed by atoms with Crippen LogP contribution in [-0.2, 0) is 21.2 Å². The number of nitrogens with one attached hydrogen (secondary N) is 2. The smallest absolute Gasteiger partial charge is 0.411 e. The topological polar surface area (TPSA) is 105 Å². The number of carbonyl (C=O) groups excluding carboxylic acids is 2. The molecule has 3 aromatic rings. The molecule has 35 heavy (non-hydrogen) atoms. The van der Waals surface area contributed by atoms with Gasteiger partial charge in [0.2, 0.25) is 0 Å². The van der Waals surface area contributed by atoms with E-state index in [1.807, 2.05) is 32.0 Å². The molecule has 1 heterocycles. The van der Waals surface area contributed by atoms with Crippen LogP contribution in [0.25, 0.3) is 0 Å². The minimum Gasteiger partial charge on any atom is -0.449 e. The molecule has 9 heteroatoms. The van der Waals surface area contributed by atoms with Crippen molar-refractivity contribution in [2.45, 2.75) is 25.2 Å². The van der Waals surface area contributed by atoms with Gasteiger partial charge in [0.05, 0.1) is 17.2 Å². The summed E-state index contributed by atoms with van der Waals surface area (Å²) in [6.07, 6.45) is 0.0638. The predicted octanol–water partition coefficient (Wildman–Crippen LogP) is 4.89.